The zero-order valence-electron chi connectivity index (χ0n) is 10.9. The largest absolute Gasteiger partial charge is 0.416 e. The van der Waals surface area contributed by atoms with Gasteiger partial charge in [0.15, 0.2) is 0 Å². The smallest absolute Gasteiger partial charge is 0.385 e. The van der Waals surface area contributed by atoms with Crippen LogP contribution >= 0.6 is 0 Å². The Bertz CT molecular complexity index is 579. The van der Waals surface area contributed by atoms with Gasteiger partial charge in [0.1, 0.15) is 0 Å². The fourth-order valence-corrected chi connectivity index (χ4v) is 2.16. The summed E-state index contributed by atoms with van der Waals surface area (Å²) in [7, 11) is 0. The van der Waals surface area contributed by atoms with Crippen molar-refractivity contribution in [3.05, 3.63) is 65.5 Å². The predicted molar refractivity (Wildman–Crippen MR) is 69.0 cm³/mol. The number of hydrogen-bond acceptors (Lipinski definition) is 2. The Labute approximate surface area is 114 Å². The second-order valence-electron chi connectivity index (χ2n) is 4.86. The van der Waals surface area contributed by atoms with E-state index in [-0.39, 0.29) is 12.0 Å². The number of alkyl halides is 3. The fourth-order valence-electron chi connectivity index (χ4n) is 2.16. The van der Waals surface area contributed by atoms with Crippen LogP contribution in [0.3, 0.4) is 0 Å². The van der Waals surface area contributed by atoms with Gasteiger partial charge >= 0.3 is 6.18 Å². The molecule has 1 aromatic heterocycles. The molecule has 0 aliphatic rings. The molecule has 0 radical (unpaired) electrons. The molecule has 5 heteroatoms. The third-order valence-electron chi connectivity index (χ3n) is 3.10. The standard InChI is InChI=1S/C15H14F3NO/c1-14(20,9-11-5-3-2-4-6-11)13-10-19-8-7-12(13)15(16,17)18/h2-8,10,20H,9H2,1H3. The molecule has 0 aliphatic heterocycles. The molecule has 106 valence electrons. The molecule has 1 aromatic carbocycles. The maximum atomic E-state index is 13.0. The monoisotopic (exact) mass is 281 g/mol. The van der Waals surface area contributed by atoms with Crippen molar-refractivity contribution in [3.63, 3.8) is 0 Å². The number of benzene rings is 1. The maximum absolute atomic E-state index is 13.0. The highest BCUT2D eigenvalue weighted by Gasteiger charge is 2.38. The summed E-state index contributed by atoms with van der Waals surface area (Å²) in [6.07, 6.45) is -2.28. The summed E-state index contributed by atoms with van der Waals surface area (Å²) < 4.78 is 38.9. The van der Waals surface area contributed by atoms with Gasteiger partial charge in [-0.15, -0.1) is 0 Å². The number of pyridine rings is 1. The molecule has 1 heterocycles. The lowest BCUT2D eigenvalue weighted by atomic mass is 9.87. The summed E-state index contributed by atoms with van der Waals surface area (Å²) in [6, 6.07) is 9.77. The molecule has 0 saturated heterocycles. The van der Waals surface area contributed by atoms with E-state index in [0.29, 0.717) is 0 Å². The lowest BCUT2D eigenvalue weighted by molar-refractivity contribution is -0.140. The van der Waals surface area contributed by atoms with Gasteiger partial charge in [-0.05, 0) is 18.6 Å². The number of nitrogens with zero attached hydrogens (tertiary/aromatic N) is 1. The van der Waals surface area contributed by atoms with E-state index in [1.165, 1.54) is 6.92 Å². The summed E-state index contributed by atoms with van der Waals surface area (Å²) in [5.41, 5.74) is -1.94. The van der Waals surface area contributed by atoms with E-state index in [4.69, 9.17) is 0 Å². The minimum absolute atomic E-state index is 0.0859. The predicted octanol–water partition coefficient (Wildman–Crippen LogP) is 3.55. The molecule has 1 N–H and O–H groups in total. The molecule has 0 spiro atoms. The van der Waals surface area contributed by atoms with Gasteiger partial charge < -0.3 is 5.11 Å². The molecule has 0 amide bonds. The van der Waals surface area contributed by atoms with Crippen LogP contribution in [0.25, 0.3) is 0 Å². The molecule has 1 unspecified atom stereocenters. The highest BCUT2D eigenvalue weighted by molar-refractivity contribution is 5.33. The average Bonchev–Trinajstić information content (AvgIpc) is 2.38. The molecule has 0 saturated carbocycles. The van der Waals surface area contributed by atoms with Crippen molar-refractivity contribution < 1.29 is 18.3 Å². The molecule has 2 rings (SSSR count). The molecule has 2 aromatic rings. The first-order valence-corrected chi connectivity index (χ1v) is 6.09. The normalized spacial score (nSPS) is 14.8. The summed E-state index contributed by atoms with van der Waals surface area (Å²) in [5.74, 6) is 0. The molecule has 2 nitrogen and oxygen atoms in total. The highest BCUT2D eigenvalue weighted by Crippen LogP contribution is 2.37. The summed E-state index contributed by atoms with van der Waals surface area (Å²) >= 11 is 0. The summed E-state index contributed by atoms with van der Waals surface area (Å²) in [4.78, 5) is 3.71. The lowest BCUT2D eigenvalue weighted by Gasteiger charge is -2.26. The summed E-state index contributed by atoms with van der Waals surface area (Å²) in [6.45, 7) is 1.37. The van der Waals surface area contributed by atoms with Gasteiger partial charge in [-0.3, -0.25) is 4.98 Å². The van der Waals surface area contributed by atoms with Crippen molar-refractivity contribution in [1.29, 1.82) is 0 Å². The van der Waals surface area contributed by atoms with Gasteiger partial charge in [0.05, 0.1) is 11.2 Å². The van der Waals surface area contributed by atoms with Gasteiger partial charge in [0.2, 0.25) is 0 Å². The number of hydrogen-bond donors (Lipinski definition) is 1. The van der Waals surface area contributed by atoms with Gasteiger partial charge in [-0.1, -0.05) is 30.3 Å². The second-order valence-corrected chi connectivity index (χ2v) is 4.86. The summed E-state index contributed by atoms with van der Waals surface area (Å²) in [5, 5.41) is 10.4. The zero-order chi connectivity index (χ0) is 14.8. The van der Waals surface area contributed by atoms with Crippen LogP contribution in [0.2, 0.25) is 0 Å². The van der Waals surface area contributed by atoms with Gasteiger partial charge in [0, 0.05) is 24.4 Å². The van der Waals surface area contributed by atoms with E-state index in [2.05, 4.69) is 4.98 Å². The van der Waals surface area contributed by atoms with Crippen molar-refractivity contribution in [3.8, 4) is 0 Å². The van der Waals surface area contributed by atoms with E-state index in [0.717, 1.165) is 24.0 Å². The Kier molecular flexibility index (Phi) is 3.81. The van der Waals surface area contributed by atoms with Crippen molar-refractivity contribution in [2.45, 2.75) is 25.1 Å². The first-order chi connectivity index (χ1) is 9.31. The Balaban J connectivity index is 2.40. The number of aromatic nitrogens is 1. The van der Waals surface area contributed by atoms with Crippen LogP contribution in [0.5, 0.6) is 0 Å². The molecule has 20 heavy (non-hydrogen) atoms. The van der Waals surface area contributed by atoms with E-state index in [1.807, 2.05) is 6.07 Å². The average molecular weight is 281 g/mol. The molecular formula is C15H14F3NO. The fraction of sp³-hybridized carbons (Fsp3) is 0.267. The van der Waals surface area contributed by atoms with Crippen molar-refractivity contribution >= 4 is 0 Å². The first kappa shape index (κ1) is 14.5. The Hall–Kier alpha value is -1.88. The minimum Gasteiger partial charge on any atom is -0.385 e. The van der Waals surface area contributed by atoms with Crippen LogP contribution in [0.4, 0.5) is 13.2 Å². The SMILES string of the molecule is CC(O)(Cc1ccccc1)c1cnccc1C(F)(F)F. The zero-order valence-corrected chi connectivity index (χ0v) is 10.9. The molecule has 0 aliphatic carbocycles. The second kappa shape index (κ2) is 5.25. The number of aliphatic hydroxyl groups is 1. The first-order valence-electron chi connectivity index (χ1n) is 6.09. The molecule has 0 fully saturated rings. The van der Waals surface area contributed by atoms with Crippen molar-refractivity contribution in [2.24, 2.45) is 0 Å². The van der Waals surface area contributed by atoms with Gasteiger partial charge in [0.25, 0.3) is 0 Å². The number of halogens is 3. The van der Waals surface area contributed by atoms with Gasteiger partial charge in [-0.2, -0.15) is 13.2 Å². The lowest BCUT2D eigenvalue weighted by Crippen LogP contribution is -2.28. The van der Waals surface area contributed by atoms with Crippen molar-refractivity contribution in [1.82, 2.24) is 4.98 Å². The van der Waals surface area contributed by atoms with E-state index >= 15 is 0 Å². The Morgan fingerprint density at radius 1 is 1.05 bits per heavy atom. The third-order valence-corrected chi connectivity index (χ3v) is 3.10. The Morgan fingerprint density at radius 2 is 1.70 bits per heavy atom. The maximum Gasteiger partial charge on any atom is 0.416 e. The van der Waals surface area contributed by atoms with Crippen LogP contribution in [-0.4, -0.2) is 10.1 Å². The van der Waals surface area contributed by atoms with E-state index in [1.54, 1.807) is 24.3 Å². The van der Waals surface area contributed by atoms with Crippen LogP contribution in [0, 0.1) is 0 Å². The van der Waals surface area contributed by atoms with Crippen molar-refractivity contribution in [2.75, 3.05) is 0 Å². The van der Waals surface area contributed by atoms with Gasteiger partial charge in [-0.25, -0.2) is 0 Å². The quantitative estimate of drug-likeness (QED) is 0.933. The van der Waals surface area contributed by atoms with E-state index < -0.39 is 17.3 Å². The molecular weight excluding hydrogens is 267 g/mol. The third kappa shape index (κ3) is 3.17. The van der Waals surface area contributed by atoms with Crippen LogP contribution < -0.4 is 0 Å². The molecule has 1 atom stereocenters. The number of rotatable bonds is 3. The van der Waals surface area contributed by atoms with Crippen LogP contribution in [0.15, 0.2) is 48.8 Å². The topological polar surface area (TPSA) is 33.1 Å². The van der Waals surface area contributed by atoms with Crippen LogP contribution in [0.1, 0.15) is 23.6 Å². The highest BCUT2D eigenvalue weighted by atomic mass is 19.4. The van der Waals surface area contributed by atoms with E-state index in [9.17, 15) is 18.3 Å². The Morgan fingerprint density at radius 3 is 2.30 bits per heavy atom. The minimum atomic E-state index is -4.51. The van der Waals surface area contributed by atoms with Crippen LogP contribution in [-0.2, 0) is 18.2 Å². The molecule has 0 bridgehead atoms.